The highest BCUT2D eigenvalue weighted by atomic mass is 32.1. The lowest BCUT2D eigenvalue weighted by Gasteiger charge is -2.11. The quantitative estimate of drug-likeness (QED) is 0.710. The number of aliphatic carboxylic acids is 2. The highest BCUT2D eigenvalue weighted by molar-refractivity contribution is 7.14. The molecule has 0 aliphatic heterocycles. The fourth-order valence-electron chi connectivity index (χ4n) is 1.75. The zero-order valence-electron chi connectivity index (χ0n) is 11.3. The third-order valence-corrected chi connectivity index (χ3v) is 3.84. The van der Waals surface area contributed by atoms with Crippen molar-refractivity contribution in [2.75, 3.05) is 0 Å². The molecule has 0 spiro atoms. The SMILES string of the molecule is CCCc1cc(C(=O)NC(CC(=O)O)C(=O)O)sc1C. The molecule has 3 N–H and O–H groups in total. The zero-order valence-corrected chi connectivity index (χ0v) is 12.1. The van der Waals surface area contributed by atoms with Crippen molar-refractivity contribution in [2.24, 2.45) is 0 Å². The van der Waals surface area contributed by atoms with Crippen LogP contribution in [0, 0.1) is 6.92 Å². The van der Waals surface area contributed by atoms with Gasteiger partial charge in [-0.3, -0.25) is 9.59 Å². The predicted molar refractivity (Wildman–Crippen MR) is 74.2 cm³/mol. The van der Waals surface area contributed by atoms with Gasteiger partial charge in [-0.2, -0.15) is 0 Å². The summed E-state index contributed by atoms with van der Waals surface area (Å²) in [6, 6.07) is 0.315. The molecule has 0 fully saturated rings. The highest BCUT2D eigenvalue weighted by Crippen LogP contribution is 2.22. The van der Waals surface area contributed by atoms with E-state index >= 15 is 0 Å². The molecular formula is C13H17NO5S. The van der Waals surface area contributed by atoms with Crippen LogP contribution >= 0.6 is 11.3 Å². The number of hydrogen-bond donors (Lipinski definition) is 3. The van der Waals surface area contributed by atoms with Crippen molar-refractivity contribution in [1.82, 2.24) is 5.32 Å². The van der Waals surface area contributed by atoms with Crippen molar-refractivity contribution in [3.05, 3.63) is 21.4 Å². The number of carbonyl (C=O) groups excluding carboxylic acids is 1. The zero-order chi connectivity index (χ0) is 15.3. The first-order valence-electron chi connectivity index (χ1n) is 6.19. The van der Waals surface area contributed by atoms with Gasteiger partial charge in [0.25, 0.3) is 5.91 Å². The molecule has 1 atom stereocenters. The first kappa shape index (κ1) is 16.2. The monoisotopic (exact) mass is 299 g/mol. The number of aryl methyl sites for hydroxylation is 2. The molecule has 7 heteroatoms. The molecule has 0 aliphatic rings. The number of hydrogen-bond acceptors (Lipinski definition) is 4. The summed E-state index contributed by atoms with van der Waals surface area (Å²) in [5, 5.41) is 19.7. The van der Waals surface area contributed by atoms with Gasteiger partial charge in [-0.25, -0.2) is 4.79 Å². The Hall–Kier alpha value is -1.89. The molecule has 1 aromatic rings. The Morgan fingerprint density at radius 1 is 1.35 bits per heavy atom. The molecular weight excluding hydrogens is 282 g/mol. The summed E-state index contributed by atoms with van der Waals surface area (Å²) in [5.41, 5.74) is 1.06. The Balaban J connectivity index is 2.81. The summed E-state index contributed by atoms with van der Waals surface area (Å²) < 4.78 is 0. The van der Waals surface area contributed by atoms with E-state index in [0.717, 1.165) is 23.3 Å². The lowest BCUT2D eigenvalue weighted by molar-refractivity contribution is -0.145. The van der Waals surface area contributed by atoms with Crippen molar-refractivity contribution < 1.29 is 24.6 Å². The van der Waals surface area contributed by atoms with Crippen LogP contribution in [0.4, 0.5) is 0 Å². The van der Waals surface area contributed by atoms with Crippen LogP contribution < -0.4 is 5.32 Å². The number of carboxylic acid groups (broad SMARTS) is 2. The van der Waals surface area contributed by atoms with E-state index in [0.29, 0.717) is 4.88 Å². The Kier molecular flexibility index (Phi) is 5.69. The van der Waals surface area contributed by atoms with Gasteiger partial charge in [0.2, 0.25) is 0 Å². The second-order valence-electron chi connectivity index (χ2n) is 4.40. The van der Waals surface area contributed by atoms with E-state index in [4.69, 9.17) is 10.2 Å². The second kappa shape index (κ2) is 7.04. The smallest absolute Gasteiger partial charge is 0.326 e. The van der Waals surface area contributed by atoms with Gasteiger partial charge in [0.05, 0.1) is 11.3 Å². The van der Waals surface area contributed by atoms with E-state index in [1.165, 1.54) is 11.3 Å². The molecule has 0 aromatic carbocycles. The maximum atomic E-state index is 12.0. The number of rotatable bonds is 7. The van der Waals surface area contributed by atoms with Crippen molar-refractivity contribution >= 4 is 29.2 Å². The third-order valence-electron chi connectivity index (χ3n) is 2.75. The molecule has 0 saturated heterocycles. The standard InChI is InChI=1S/C13H17NO5S/c1-3-4-8-5-10(20-7(8)2)12(17)14-9(13(18)19)6-11(15)16/h5,9H,3-4,6H2,1-2H3,(H,14,17)(H,15,16)(H,18,19). The largest absolute Gasteiger partial charge is 0.481 e. The molecule has 1 heterocycles. The molecule has 1 aromatic heterocycles. The van der Waals surface area contributed by atoms with E-state index in [-0.39, 0.29) is 0 Å². The molecule has 0 aliphatic carbocycles. The number of nitrogens with one attached hydrogen (secondary N) is 1. The van der Waals surface area contributed by atoms with Crippen LogP contribution in [-0.4, -0.2) is 34.1 Å². The fraction of sp³-hybridized carbons (Fsp3) is 0.462. The highest BCUT2D eigenvalue weighted by Gasteiger charge is 2.24. The van der Waals surface area contributed by atoms with Gasteiger partial charge in [-0.1, -0.05) is 13.3 Å². The summed E-state index contributed by atoms with van der Waals surface area (Å²) in [5.74, 6) is -3.18. The minimum absolute atomic E-state index is 0.405. The summed E-state index contributed by atoms with van der Waals surface area (Å²) in [4.78, 5) is 34.8. The lowest BCUT2D eigenvalue weighted by Crippen LogP contribution is -2.41. The fourth-order valence-corrected chi connectivity index (χ4v) is 2.73. The molecule has 6 nitrogen and oxygen atoms in total. The predicted octanol–water partition coefficient (Wildman–Crippen LogP) is 1.67. The van der Waals surface area contributed by atoms with Crippen LogP contribution in [-0.2, 0) is 16.0 Å². The minimum atomic E-state index is -1.42. The molecule has 1 unspecified atom stereocenters. The summed E-state index contributed by atoms with van der Waals surface area (Å²) in [7, 11) is 0. The van der Waals surface area contributed by atoms with E-state index in [1.54, 1.807) is 6.07 Å². The topological polar surface area (TPSA) is 104 Å². The van der Waals surface area contributed by atoms with Gasteiger partial charge in [0, 0.05) is 4.88 Å². The van der Waals surface area contributed by atoms with E-state index < -0.39 is 30.3 Å². The summed E-state index contributed by atoms with van der Waals surface area (Å²) >= 11 is 1.28. The van der Waals surface area contributed by atoms with Crippen molar-refractivity contribution in [3.8, 4) is 0 Å². The Bertz CT molecular complexity index is 523. The van der Waals surface area contributed by atoms with Gasteiger partial charge in [0.15, 0.2) is 0 Å². The van der Waals surface area contributed by atoms with Crippen LogP contribution in [0.25, 0.3) is 0 Å². The number of thiophene rings is 1. The number of carbonyl (C=O) groups is 3. The molecule has 1 rings (SSSR count). The Morgan fingerprint density at radius 2 is 2.00 bits per heavy atom. The van der Waals surface area contributed by atoms with Crippen molar-refractivity contribution in [2.45, 2.75) is 39.2 Å². The van der Waals surface area contributed by atoms with Gasteiger partial charge in [0.1, 0.15) is 6.04 Å². The summed E-state index contributed by atoms with van der Waals surface area (Å²) in [6.45, 7) is 3.93. The van der Waals surface area contributed by atoms with Crippen LogP contribution in [0.1, 0.15) is 39.9 Å². The van der Waals surface area contributed by atoms with Gasteiger partial charge >= 0.3 is 11.9 Å². The normalized spacial score (nSPS) is 11.9. The lowest BCUT2D eigenvalue weighted by atomic mass is 10.1. The van der Waals surface area contributed by atoms with Crippen LogP contribution in [0.3, 0.4) is 0 Å². The second-order valence-corrected chi connectivity index (χ2v) is 5.66. The number of carboxylic acids is 2. The first-order valence-corrected chi connectivity index (χ1v) is 7.01. The van der Waals surface area contributed by atoms with Crippen molar-refractivity contribution in [3.63, 3.8) is 0 Å². The average Bonchev–Trinajstić information content (AvgIpc) is 2.70. The molecule has 0 bridgehead atoms. The van der Waals surface area contributed by atoms with Gasteiger partial charge in [-0.05, 0) is 25.0 Å². The molecule has 1 amide bonds. The van der Waals surface area contributed by atoms with Crippen LogP contribution in [0.5, 0.6) is 0 Å². The van der Waals surface area contributed by atoms with Crippen LogP contribution in [0.15, 0.2) is 6.07 Å². The van der Waals surface area contributed by atoms with E-state index in [1.807, 2.05) is 13.8 Å². The third kappa shape index (κ3) is 4.34. The summed E-state index contributed by atoms with van der Waals surface area (Å²) in [6.07, 6.45) is 1.16. The Labute approximate surface area is 120 Å². The van der Waals surface area contributed by atoms with Gasteiger partial charge in [-0.15, -0.1) is 11.3 Å². The molecule has 20 heavy (non-hydrogen) atoms. The van der Waals surface area contributed by atoms with Crippen LogP contribution in [0.2, 0.25) is 0 Å². The molecule has 0 radical (unpaired) electrons. The maximum Gasteiger partial charge on any atom is 0.326 e. The van der Waals surface area contributed by atoms with Gasteiger partial charge < -0.3 is 15.5 Å². The van der Waals surface area contributed by atoms with E-state index in [9.17, 15) is 14.4 Å². The maximum absolute atomic E-state index is 12.0. The number of amides is 1. The first-order chi connectivity index (χ1) is 9.35. The molecule has 0 saturated carbocycles. The average molecular weight is 299 g/mol. The van der Waals surface area contributed by atoms with Crippen molar-refractivity contribution in [1.29, 1.82) is 0 Å². The Morgan fingerprint density at radius 3 is 2.50 bits per heavy atom. The van der Waals surface area contributed by atoms with E-state index in [2.05, 4.69) is 5.32 Å². The minimum Gasteiger partial charge on any atom is -0.481 e. The molecule has 110 valence electrons.